The van der Waals surface area contributed by atoms with Gasteiger partial charge in [-0.05, 0) is 53.5 Å². The number of halogens is 3. The van der Waals surface area contributed by atoms with Crippen molar-refractivity contribution in [3.63, 3.8) is 0 Å². The summed E-state index contributed by atoms with van der Waals surface area (Å²) in [6, 6.07) is 4.74. The molecule has 3 aromatic rings. The first-order valence-electron chi connectivity index (χ1n) is 5.82. The first-order valence-corrected chi connectivity index (χ1v) is 6.99. The molecule has 0 N–H and O–H groups in total. The number of rotatable bonds is 1. The molecule has 1 aromatic carbocycles. The van der Waals surface area contributed by atoms with Crippen molar-refractivity contribution in [3.8, 4) is 11.4 Å². The molecule has 20 heavy (non-hydrogen) atoms. The largest absolute Gasteiger partial charge is 0.206 e. The van der Waals surface area contributed by atoms with E-state index in [-0.39, 0.29) is 5.82 Å². The number of nitrogens with zero attached hydrogens (tertiary/aromatic N) is 4. The standard InChI is InChI=1S/C13H9BrClFN4/c1-6-7(2)12-17-18-13(20(12)19-11(6)15)8-3-4-9(14)10(16)5-8/h3-5H,1-2H3. The van der Waals surface area contributed by atoms with Crippen molar-refractivity contribution in [2.75, 3.05) is 0 Å². The molecule has 0 aliphatic heterocycles. The Bertz CT molecular complexity index is 831. The fourth-order valence-corrected chi connectivity index (χ4v) is 2.37. The SMILES string of the molecule is Cc1c(Cl)nn2c(-c3ccc(Br)c(F)c3)nnc2c1C. The molecular weight excluding hydrogens is 347 g/mol. The lowest BCUT2D eigenvalue weighted by Gasteiger charge is -2.05. The van der Waals surface area contributed by atoms with Crippen LogP contribution in [0.2, 0.25) is 5.15 Å². The molecule has 0 bridgehead atoms. The summed E-state index contributed by atoms with van der Waals surface area (Å²) < 4.78 is 15.6. The highest BCUT2D eigenvalue weighted by Gasteiger charge is 2.15. The fraction of sp³-hybridized carbons (Fsp3) is 0.154. The highest BCUT2D eigenvalue weighted by atomic mass is 79.9. The summed E-state index contributed by atoms with van der Waals surface area (Å²) in [5, 5.41) is 12.8. The third-order valence-corrected chi connectivity index (χ3v) is 4.22. The molecule has 0 fully saturated rings. The first-order chi connectivity index (χ1) is 9.49. The minimum absolute atomic E-state index is 0.366. The molecule has 0 amide bonds. The molecular formula is C13H9BrClFN4. The molecule has 0 saturated carbocycles. The van der Waals surface area contributed by atoms with Crippen LogP contribution in [0.15, 0.2) is 22.7 Å². The van der Waals surface area contributed by atoms with E-state index in [4.69, 9.17) is 11.6 Å². The third kappa shape index (κ3) is 1.99. The van der Waals surface area contributed by atoms with Gasteiger partial charge >= 0.3 is 0 Å². The Morgan fingerprint density at radius 2 is 1.95 bits per heavy atom. The van der Waals surface area contributed by atoms with Crippen molar-refractivity contribution in [3.05, 3.63) is 44.8 Å². The topological polar surface area (TPSA) is 43.1 Å². The van der Waals surface area contributed by atoms with Gasteiger partial charge in [-0.2, -0.15) is 9.61 Å². The minimum Gasteiger partial charge on any atom is -0.206 e. The highest BCUT2D eigenvalue weighted by molar-refractivity contribution is 9.10. The molecule has 0 spiro atoms. The van der Waals surface area contributed by atoms with Gasteiger partial charge in [-0.25, -0.2) is 4.39 Å². The average molecular weight is 356 g/mol. The Balaban J connectivity index is 2.29. The van der Waals surface area contributed by atoms with E-state index in [9.17, 15) is 4.39 Å². The maximum absolute atomic E-state index is 13.6. The lowest BCUT2D eigenvalue weighted by Crippen LogP contribution is -2.00. The Kier molecular flexibility index (Phi) is 3.22. The van der Waals surface area contributed by atoms with E-state index < -0.39 is 0 Å². The number of benzene rings is 1. The van der Waals surface area contributed by atoms with Crippen LogP contribution in [0.4, 0.5) is 4.39 Å². The Hall–Kier alpha value is -1.53. The van der Waals surface area contributed by atoms with Crippen LogP contribution in [-0.4, -0.2) is 19.8 Å². The molecule has 102 valence electrons. The van der Waals surface area contributed by atoms with Crippen LogP contribution in [0.1, 0.15) is 11.1 Å². The third-order valence-electron chi connectivity index (χ3n) is 3.21. The predicted octanol–water partition coefficient (Wildman–Crippen LogP) is 3.96. The second kappa shape index (κ2) is 4.79. The van der Waals surface area contributed by atoms with Gasteiger partial charge in [-0.15, -0.1) is 10.2 Å². The zero-order chi connectivity index (χ0) is 14.4. The van der Waals surface area contributed by atoms with E-state index in [0.29, 0.717) is 26.7 Å². The number of fused-ring (bicyclic) bond motifs is 1. The maximum Gasteiger partial charge on any atom is 0.185 e. The van der Waals surface area contributed by atoms with Gasteiger partial charge in [0.05, 0.1) is 4.47 Å². The van der Waals surface area contributed by atoms with Crippen LogP contribution < -0.4 is 0 Å². The lowest BCUT2D eigenvalue weighted by atomic mass is 10.2. The van der Waals surface area contributed by atoms with E-state index in [1.807, 2.05) is 13.8 Å². The average Bonchev–Trinajstić information content (AvgIpc) is 2.83. The van der Waals surface area contributed by atoms with E-state index >= 15 is 0 Å². The summed E-state index contributed by atoms with van der Waals surface area (Å²) in [7, 11) is 0. The molecule has 0 saturated heterocycles. The van der Waals surface area contributed by atoms with Gasteiger partial charge in [0.1, 0.15) is 5.82 Å². The van der Waals surface area contributed by atoms with Crippen LogP contribution in [0, 0.1) is 19.7 Å². The number of hydrogen-bond acceptors (Lipinski definition) is 3. The summed E-state index contributed by atoms with van der Waals surface area (Å²) in [5.74, 6) is 0.0885. The highest BCUT2D eigenvalue weighted by Crippen LogP contribution is 2.26. The predicted molar refractivity (Wildman–Crippen MR) is 78.4 cm³/mol. The summed E-state index contributed by atoms with van der Waals surface area (Å²) in [5.41, 5.74) is 2.97. The quantitative estimate of drug-likeness (QED) is 0.663. The zero-order valence-electron chi connectivity index (χ0n) is 10.7. The fourth-order valence-electron chi connectivity index (χ4n) is 1.91. The van der Waals surface area contributed by atoms with Crippen LogP contribution in [-0.2, 0) is 0 Å². The molecule has 4 nitrogen and oxygen atoms in total. The Morgan fingerprint density at radius 1 is 1.20 bits per heavy atom. The van der Waals surface area contributed by atoms with Gasteiger partial charge in [0, 0.05) is 11.1 Å². The zero-order valence-corrected chi connectivity index (χ0v) is 13.0. The van der Waals surface area contributed by atoms with Gasteiger partial charge in [-0.3, -0.25) is 0 Å². The Labute approximate surface area is 127 Å². The van der Waals surface area contributed by atoms with Gasteiger partial charge in [0.25, 0.3) is 0 Å². The van der Waals surface area contributed by atoms with Crippen LogP contribution in [0.5, 0.6) is 0 Å². The number of aromatic nitrogens is 4. The van der Waals surface area contributed by atoms with Gasteiger partial charge in [-0.1, -0.05) is 11.6 Å². The molecule has 0 aliphatic rings. The van der Waals surface area contributed by atoms with Crippen LogP contribution in [0.3, 0.4) is 0 Å². The van der Waals surface area contributed by atoms with Gasteiger partial charge < -0.3 is 0 Å². The molecule has 0 aliphatic carbocycles. The smallest absolute Gasteiger partial charge is 0.185 e. The monoisotopic (exact) mass is 354 g/mol. The molecule has 3 rings (SSSR count). The molecule has 0 atom stereocenters. The summed E-state index contributed by atoms with van der Waals surface area (Å²) in [6.45, 7) is 3.77. The maximum atomic E-state index is 13.6. The Morgan fingerprint density at radius 3 is 2.65 bits per heavy atom. The summed E-state index contributed by atoms with van der Waals surface area (Å²) >= 11 is 9.22. The summed E-state index contributed by atoms with van der Waals surface area (Å²) in [4.78, 5) is 0. The van der Waals surface area contributed by atoms with Gasteiger partial charge in [0.15, 0.2) is 16.6 Å². The lowest BCUT2D eigenvalue weighted by molar-refractivity contribution is 0.621. The van der Waals surface area contributed by atoms with E-state index in [2.05, 4.69) is 31.2 Å². The van der Waals surface area contributed by atoms with Crippen LogP contribution >= 0.6 is 27.5 Å². The molecule has 2 aromatic heterocycles. The molecule has 2 heterocycles. The van der Waals surface area contributed by atoms with Crippen LogP contribution in [0.25, 0.3) is 17.0 Å². The molecule has 7 heteroatoms. The molecule has 0 unspecified atom stereocenters. The van der Waals surface area contributed by atoms with Crippen molar-refractivity contribution in [2.24, 2.45) is 0 Å². The minimum atomic E-state index is -0.366. The normalized spacial score (nSPS) is 11.2. The van der Waals surface area contributed by atoms with Crippen molar-refractivity contribution in [2.45, 2.75) is 13.8 Å². The second-order valence-corrected chi connectivity index (χ2v) is 5.64. The number of aryl methyl sites for hydroxylation is 1. The van der Waals surface area contributed by atoms with E-state index in [1.54, 1.807) is 12.1 Å². The molecule has 0 radical (unpaired) electrons. The van der Waals surface area contributed by atoms with Crippen molar-refractivity contribution >= 4 is 33.2 Å². The van der Waals surface area contributed by atoms with E-state index in [0.717, 1.165) is 11.1 Å². The second-order valence-electron chi connectivity index (χ2n) is 4.43. The number of hydrogen-bond donors (Lipinski definition) is 0. The van der Waals surface area contributed by atoms with Crippen molar-refractivity contribution < 1.29 is 4.39 Å². The van der Waals surface area contributed by atoms with E-state index in [1.165, 1.54) is 10.6 Å². The van der Waals surface area contributed by atoms with Gasteiger partial charge in [0.2, 0.25) is 0 Å². The summed E-state index contributed by atoms with van der Waals surface area (Å²) in [6.07, 6.45) is 0. The van der Waals surface area contributed by atoms with Crippen molar-refractivity contribution in [1.82, 2.24) is 19.8 Å². The van der Waals surface area contributed by atoms with Crippen molar-refractivity contribution in [1.29, 1.82) is 0 Å². The first kappa shape index (κ1) is 13.5.